The van der Waals surface area contributed by atoms with Crippen LogP contribution in [0.2, 0.25) is 0 Å². The molecule has 1 saturated heterocycles. The Hall–Kier alpha value is -1.77. The van der Waals surface area contributed by atoms with E-state index in [1.807, 2.05) is 37.1 Å². The Morgan fingerprint density at radius 1 is 1.31 bits per heavy atom. The van der Waals surface area contributed by atoms with Crippen LogP contribution in [0.1, 0.15) is 38.3 Å². The number of nitrogens with zero attached hydrogens (tertiary/aromatic N) is 4. The van der Waals surface area contributed by atoms with Gasteiger partial charge in [0.2, 0.25) is 0 Å². The number of hydrogen-bond acceptors (Lipinski definition) is 3. The molecule has 0 radical (unpaired) electrons. The SMILES string of the molecule is CN=C(NCc1ccccc1OC(C)(C)C)N1CCC(Cc2cnn(C)c2)C1.I. The number of guanidine groups is 1. The van der Waals surface area contributed by atoms with Gasteiger partial charge in [0.1, 0.15) is 11.4 Å². The summed E-state index contributed by atoms with van der Waals surface area (Å²) in [5, 5.41) is 7.80. The molecule has 0 saturated carbocycles. The van der Waals surface area contributed by atoms with Gasteiger partial charge in [-0.2, -0.15) is 5.10 Å². The summed E-state index contributed by atoms with van der Waals surface area (Å²) in [7, 11) is 3.83. The molecule has 1 aliphatic rings. The molecule has 0 amide bonds. The summed E-state index contributed by atoms with van der Waals surface area (Å²) in [4.78, 5) is 6.86. The lowest BCUT2D eigenvalue weighted by Crippen LogP contribution is -2.39. The first-order valence-corrected chi connectivity index (χ1v) is 10.0. The van der Waals surface area contributed by atoms with Crippen LogP contribution in [0.5, 0.6) is 5.75 Å². The number of nitrogens with one attached hydrogen (secondary N) is 1. The Bertz CT molecular complexity index is 812. The molecular formula is C22H34IN5O. The van der Waals surface area contributed by atoms with Crippen molar-refractivity contribution in [2.24, 2.45) is 18.0 Å². The van der Waals surface area contributed by atoms with E-state index >= 15 is 0 Å². The predicted molar refractivity (Wildman–Crippen MR) is 129 cm³/mol. The summed E-state index contributed by atoms with van der Waals surface area (Å²) in [5.41, 5.74) is 2.24. The van der Waals surface area contributed by atoms with E-state index in [0.29, 0.717) is 12.5 Å². The third-order valence-electron chi connectivity index (χ3n) is 4.91. The monoisotopic (exact) mass is 511 g/mol. The number of likely N-dealkylation sites (tertiary alicyclic amines) is 1. The molecule has 1 atom stereocenters. The normalized spacial score (nSPS) is 17.2. The van der Waals surface area contributed by atoms with E-state index < -0.39 is 0 Å². The Kier molecular flexibility index (Phi) is 8.36. The average molecular weight is 511 g/mol. The summed E-state index contributed by atoms with van der Waals surface area (Å²) in [5.74, 6) is 2.52. The van der Waals surface area contributed by atoms with Crippen LogP contribution in [0.15, 0.2) is 41.7 Å². The van der Waals surface area contributed by atoms with Gasteiger partial charge in [0, 0.05) is 45.5 Å². The zero-order valence-electron chi connectivity index (χ0n) is 18.2. The number of ether oxygens (including phenoxy) is 1. The molecule has 2 aromatic rings. The molecule has 160 valence electrons. The average Bonchev–Trinajstić information content (AvgIpc) is 3.25. The number of benzene rings is 1. The first-order chi connectivity index (χ1) is 13.3. The fourth-order valence-electron chi connectivity index (χ4n) is 3.69. The Balaban J connectivity index is 0.00000300. The molecule has 1 fully saturated rings. The van der Waals surface area contributed by atoms with E-state index in [-0.39, 0.29) is 29.6 Å². The van der Waals surface area contributed by atoms with Crippen LogP contribution in [0, 0.1) is 5.92 Å². The van der Waals surface area contributed by atoms with Crippen molar-refractivity contribution in [3.05, 3.63) is 47.8 Å². The first kappa shape index (κ1) is 23.5. The molecule has 6 nitrogen and oxygen atoms in total. The van der Waals surface area contributed by atoms with Crippen molar-refractivity contribution in [3.8, 4) is 5.75 Å². The Morgan fingerprint density at radius 2 is 2.07 bits per heavy atom. The topological polar surface area (TPSA) is 54.7 Å². The van der Waals surface area contributed by atoms with Crippen molar-refractivity contribution >= 4 is 29.9 Å². The van der Waals surface area contributed by atoms with Crippen LogP contribution in [0.3, 0.4) is 0 Å². The van der Waals surface area contributed by atoms with Crippen molar-refractivity contribution in [2.45, 2.75) is 45.8 Å². The lowest BCUT2D eigenvalue weighted by molar-refractivity contribution is 0.129. The fourth-order valence-corrected chi connectivity index (χ4v) is 3.69. The van der Waals surface area contributed by atoms with Crippen LogP contribution >= 0.6 is 24.0 Å². The number of aromatic nitrogens is 2. The third-order valence-corrected chi connectivity index (χ3v) is 4.91. The Morgan fingerprint density at radius 3 is 2.72 bits per heavy atom. The summed E-state index contributed by atoms with van der Waals surface area (Å²) in [6, 6.07) is 8.21. The molecule has 1 N–H and O–H groups in total. The van der Waals surface area contributed by atoms with E-state index in [4.69, 9.17) is 4.74 Å². The highest BCUT2D eigenvalue weighted by molar-refractivity contribution is 14.0. The summed E-state index contributed by atoms with van der Waals surface area (Å²) < 4.78 is 7.98. The standard InChI is InChI=1S/C22H33N5O.HI/c1-22(2,3)28-20-9-7-6-8-19(20)14-24-21(23-4)27-11-10-17(16-27)12-18-13-25-26(5)15-18;/h6-9,13,15,17H,10-12,14,16H2,1-5H3,(H,23,24);1H. The van der Waals surface area contributed by atoms with Gasteiger partial charge in [0.25, 0.3) is 0 Å². The Labute approximate surface area is 191 Å². The summed E-state index contributed by atoms with van der Waals surface area (Å²) in [6.07, 6.45) is 6.34. The number of aryl methyl sites for hydroxylation is 1. The van der Waals surface area contributed by atoms with Crippen LogP contribution in [-0.2, 0) is 20.0 Å². The number of para-hydroxylation sites is 1. The molecule has 1 unspecified atom stereocenters. The quantitative estimate of drug-likeness (QED) is 0.377. The maximum atomic E-state index is 6.11. The van der Waals surface area contributed by atoms with Crippen molar-refractivity contribution in [1.82, 2.24) is 20.0 Å². The number of halogens is 1. The minimum absolute atomic E-state index is 0. The highest BCUT2D eigenvalue weighted by Gasteiger charge is 2.25. The van der Waals surface area contributed by atoms with E-state index in [2.05, 4.69) is 59.4 Å². The molecular weight excluding hydrogens is 477 g/mol. The van der Waals surface area contributed by atoms with Gasteiger partial charge in [-0.3, -0.25) is 9.67 Å². The summed E-state index contributed by atoms with van der Waals surface area (Å²) in [6.45, 7) is 8.97. The summed E-state index contributed by atoms with van der Waals surface area (Å²) >= 11 is 0. The molecule has 1 aromatic heterocycles. The van der Waals surface area contributed by atoms with Gasteiger partial charge in [-0.05, 0) is 51.2 Å². The second kappa shape index (κ2) is 10.3. The maximum Gasteiger partial charge on any atom is 0.193 e. The molecule has 1 aromatic carbocycles. The zero-order chi connectivity index (χ0) is 20.1. The number of hydrogen-bond donors (Lipinski definition) is 1. The van der Waals surface area contributed by atoms with Gasteiger partial charge in [-0.15, -0.1) is 24.0 Å². The molecule has 0 spiro atoms. The van der Waals surface area contributed by atoms with Crippen LogP contribution < -0.4 is 10.1 Å². The predicted octanol–water partition coefficient (Wildman–Crippen LogP) is 3.86. The molecule has 0 bridgehead atoms. The van der Waals surface area contributed by atoms with E-state index in [1.54, 1.807) is 0 Å². The van der Waals surface area contributed by atoms with E-state index in [9.17, 15) is 0 Å². The van der Waals surface area contributed by atoms with Gasteiger partial charge in [-0.25, -0.2) is 0 Å². The largest absolute Gasteiger partial charge is 0.488 e. The van der Waals surface area contributed by atoms with Gasteiger partial charge < -0.3 is 15.0 Å². The van der Waals surface area contributed by atoms with E-state index in [0.717, 1.165) is 36.8 Å². The van der Waals surface area contributed by atoms with Crippen LogP contribution in [0.25, 0.3) is 0 Å². The van der Waals surface area contributed by atoms with Gasteiger partial charge in [-0.1, -0.05) is 18.2 Å². The highest BCUT2D eigenvalue weighted by atomic mass is 127. The fraction of sp³-hybridized carbons (Fsp3) is 0.545. The molecule has 3 rings (SSSR count). The molecule has 0 aliphatic carbocycles. The van der Waals surface area contributed by atoms with Crippen molar-refractivity contribution < 1.29 is 4.74 Å². The zero-order valence-corrected chi connectivity index (χ0v) is 20.5. The van der Waals surface area contributed by atoms with Crippen molar-refractivity contribution in [1.29, 1.82) is 0 Å². The third kappa shape index (κ3) is 6.90. The van der Waals surface area contributed by atoms with Crippen LogP contribution in [-0.4, -0.2) is 46.4 Å². The van der Waals surface area contributed by atoms with Gasteiger partial charge in [0.05, 0.1) is 6.20 Å². The maximum absolute atomic E-state index is 6.11. The minimum Gasteiger partial charge on any atom is -0.488 e. The minimum atomic E-state index is -0.216. The lowest BCUT2D eigenvalue weighted by atomic mass is 10.0. The molecule has 7 heteroatoms. The smallest absolute Gasteiger partial charge is 0.193 e. The molecule has 1 aliphatic heterocycles. The van der Waals surface area contributed by atoms with Crippen molar-refractivity contribution in [3.63, 3.8) is 0 Å². The van der Waals surface area contributed by atoms with E-state index in [1.165, 1.54) is 12.0 Å². The second-order valence-electron chi connectivity index (χ2n) is 8.55. The molecule has 2 heterocycles. The number of aliphatic imine (C=N–C) groups is 1. The van der Waals surface area contributed by atoms with Gasteiger partial charge in [0.15, 0.2) is 5.96 Å². The second-order valence-corrected chi connectivity index (χ2v) is 8.55. The van der Waals surface area contributed by atoms with Gasteiger partial charge >= 0.3 is 0 Å². The first-order valence-electron chi connectivity index (χ1n) is 10.0. The van der Waals surface area contributed by atoms with Crippen molar-refractivity contribution in [2.75, 3.05) is 20.1 Å². The highest BCUT2D eigenvalue weighted by Crippen LogP contribution is 2.24. The number of rotatable bonds is 5. The molecule has 29 heavy (non-hydrogen) atoms. The lowest BCUT2D eigenvalue weighted by Gasteiger charge is -2.25. The van der Waals surface area contributed by atoms with Crippen LogP contribution in [0.4, 0.5) is 0 Å².